The molecule has 2 aromatic heterocycles. The van der Waals surface area contributed by atoms with Crippen molar-refractivity contribution in [3.8, 4) is 10.8 Å². The van der Waals surface area contributed by atoms with Gasteiger partial charge in [0, 0.05) is 13.0 Å². The summed E-state index contributed by atoms with van der Waals surface area (Å²) in [6.45, 7) is 0.0805. The Bertz CT molecular complexity index is 424. The minimum Gasteiger partial charge on any atom is -0.444 e. The zero-order valence-electron chi connectivity index (χ0n) is 7.24. The van der Waals surface area contributed by atoms with Gasteiger partial charge in [-0.2, -0.15) is 0 Å². The van der Waals surface area contributed by atoms with Crippen LogP contribution in [0.3, 0.4) is 0 Å². The van der Waals surface area contributed by atoms with Gasteiger partial charge in [0.1, 0.15) is 6.26 Å². The summed E-state index contributed by atoms with van der Waals surface area (Å²) in [4.78, 5) is 5.11. The van der Waals surface area contributed by atoms with Crippen molar-refractivity contribution in [1.29, 1.82) is 0 Å². The van der Waals surface area contributed by atoms with Crippen LogP contribution in [0.5, 0.6) is 0 Å². The van der Waals surface area contributed by atoms with E-state index in [0.717, 1.165) is 10.6 Å². The molecule has 0 aliphatic carbocycles. The number of aliphatic hydroxyl groups is 1. The average molecular weight is 230 g/mol. The molecule has 0 saturated heterocycles. The highest BCUT2D eigenvalue weighted by Gasteiger charge is 2.08. The van der Waals surface area contributed by atoms with Crippen molar-refractivity contribution in [2.75, 3.05) is 6.61 Å². The van der Waals surface area contributed by atoms with Gasteiger partial charge < -0.3 is 9.52 Å². The fourth-order valence-electron chi connectivity index (χ4n) is 1.08. The Balaban J connectivity index is 2.24. The molecule has 0 fully saturated rings. The third kappa shape index (κ3) is 1.97. The molecule has 0 unspecified atom stereocenters. The lowest BCUT2D eigenvalue weighted by Crippen LogP contribution is -1.89. The summed E-state index contributed by atoms with van der Waals surface area (Å²) in [6, 6.07) is 3.67. The molecule has 0 aliphatic heterocycles. The Morgan fingerprint density at radius 1 is 1.50 bits per heavy atom. The summed E-state index contributed by atoms with van der Waals surface area (Å²) in [5.41, 5.74) is 0.757. The summed E-state index contributed by atoms with van der Waals surface area (Å²) in [6.07, 6.45) is 2.07. The van der Waals surface area contributed by atoms with Crippen LogP contribution in [0.15, 0.2) is 22.8 Å². The first-order valence-corrected chi connectivity index (χ1v) is 5.30. The van der Waals surface area contributed by atoms with Crippen LogP contribution in [-0.2, 0) is 6.42 Å². The SMILES string of the molecule is OCCc1coc(-c2ccc(Cl)s2)n1. The first-order chi connectivity index (χ1) is 6.79. The van der Waals surface area contributed by atoms with Gasteiger partial charge in [0.15, 0.2) is 0 Å². The van der Waals surface area contributed by atoms with E-state index < -0.39 is 0 Å². The van der Waals surface area contributed by atoms with Crippen LogP contribution >= 0.6 is 22.9 Å². The smallest absolute Gasteiger partial charge is 0.236 e. The Morgan fingerprint density at radius 2 is 2.36 bits per heavy atom. The number of rotatable bonds is 3. The molecule has 0 atom stereocenters. The minimum atomic E-state index is 0.0805. The number of nitrogens with zero attached hydrogens (tertiary/aromatic N) is 1. The van der Waals surface area contributed by atoms with Crippen LogP contribution in [-0.4, -0.2) is 16.7 Å². The summed E-state index contributed by atoms with van der Waals surface area (Å²) in [7, 11) is 0. The number of aliphatic hydroxyl groups excluding tert-OH is 1. The lowest BCUT2D eigenvalue weighted by atomic mass is 10.4. The van der Waals surface area contributed by atoms with Gasteiger partial charge in [0.05, 0.1) is 14.9 Å². The van der Waals surface area contributed by atoms with E-state index in [2.05, 4.69) is 4.98 Å². The second-order valence-electron chi connectivity index (χ2n) is 2.72. The second-order valence-corrected chi connectivity index (χ2v) is 4.44. The average Bonchev–Trinajstić information content (AvgIpc) is 2.74. The van der Waals surface area contributed by atoms with Crippen molar-refractivity contribution in [3.05, 3.63) is 28.4 Å². The number of hydrogen-bond donors (Lipinski definition) is 1. The van der Waals surface area contributed by atoms with Crippen LogP contribution in [0.2, 0.25) is 4.34 Å². The van der Waals surface area contributed by atoms with E-state index in [4.69, 9.17) is 21.1 Å². The first-order valence-electron chi connectivity index (χ1n) is 4.10. The van der Waals surface area contributed by atoms with Crippen molar-refractivity contribution in [1.82, 2.24) is 4.98 Å². The van der Waals surface area contributed by atoms with E-state index in [1.165, 1.54) is 11.3 Å². The molecule has 0 saturated carbocycles. The second kappa shape index (κ2) is 4.13. The molecule has 2 rings (SSSR count). The quantitative estimate of drug-likeness (QED) is 0.880. The predicted octanol–water partition coefficient (Wildman–Crippen LogP) is 2.59. The maximum absolute atomic E-state index is 8.70. The molecule has 5 heteroatoms. The lowest BCUT2D eigenvalue weighted by Gasteiger charge is -1.86. The van der Waals surface area contributed by atoms with E-state index >= 15 is 0 Å². The van der Waals surface area contributed by atoms with Gasteiger partial charge in [-0.05, 0) is 12.1 Å². The highest BCUT2D eigenvalue weighted by molar-refractivity contribution is 7.19. The van der Waals surface area contributed by atoms with Crippen LogP contribution in [0.4, 0.5) is 0 Å². The largest absolute Gasteiger partial charge is 0.444 e. The highest BCUT2D eigenvalue weighted by Crippen LogP contribution is 2.30. The van der Waals surface area contributed by atoms with Crippen LogP contribution in [0, 0.1) is 0 Å². The molecule has 74 valence electrons. The fraction of sp³-hybridized carbons (Fsp3) is 0.222. The van der Waals surface area contributed by atoms with E-state index in [0.29, 0.717) is 16.6 Å². The molecule has 2 aromatic rings. The summed E-state index contributed by atoms with van der Waals surface area (Å²) in [5, 5.41) is 8.70. The number of aromatic nitrogens is 1. The standard InChI is InChI=1S/C9H8ClNO2S/c10-8-2-1-7(14-8)9-11-6(3-4-12)5-13-9/h1-2,5,12H,3-4H2. The van der Waals surface area contributed by atoms with Gasteiger partial charge in [-0.3, -0.25) is 0 Å². The van der Waals surface area contributed by atoms with E-state index in [-0.39, 0.29) is 6.61 Å². The molecule has 14 heavy (non-hydrogen) atoms. The molecule has 0 radical (unpaired) electrons. The van der Waals surface area contributed by atoms with Crippen molar-refractivity contribution in [2.24, 2.45) is 0 Å². The first kappa shape index (κ1) is 9.71. The van der Waals surface area contributed by atoms with Gasteiger partial charge in [-0.1, -0.05) is 11.6 Å². The zero-order chi connectivity index (χ0) is 9.97. The topological polar surface area (TPSA) is 46.3 Å². The normalized spacial score (nSPS) is 10.7. The maximum atomic E-state index is 8.70. The van der Waals surface area contributed by atoms with Crippen LogP contribution < -0.4 is 0 Å². The summed E-state index contributed by atoms with van der Waals surface area (Å²) < 4.78 is 5.96. The third-order valence-corrected chi connectivity index (χ3v) is 2.92. The third-order valence-electron chi connectivity index (χ3n) is 1.70. The van der Waals surface area contributed by atoms with Crippen LogP contribution in [0.25, 0.3) is 10.8 Å². The van der Waals surface area contributed by atoms with Gasteiger partial charge in [0.25, 0.3) is 0 Å². The number of oxazole rings is 1. The molecule has 0 spiro atoms. The van der Waals surface area contributed by atoms with Crippen molar-refractivity contribution in [3.63, 3.8) is 0 Å². The molecule has 3 nitrogen and oxygen atoms in total. The molecule has 2 heterocycles. The van der Waals surface area contributed by atoms with Gasteiger partial charge >= 0.3 is 0 Å². The lowest BCUT2D eigenvalue weighted by molar-refractivity contribution is 0.298. The van der Waals surface area contributed by atoms with E-state index in [1.807, 2.05) is 6.07 Å². The van der Waals surface area contributed by atoms with Crippen molar-refractivity contribution in [2.45, 2.75) is 6.42 Å². The van der Waals surface area contributed by atoms with E-state index in [1.54, 1.807) is 12.3 Å². The van der Waals surface area contributed by atoms with Gasteiger partial charge in [-0.15, -0.1) is 11.3 Å². The van der Waals surface area contributed by atoms with Crippen molar-refractivity contribution < 1.29 is 9.52 Å². The molecule has 1 N–H and O–H groups in total. The maximum Gasteiger partial charge on any atom is 0.236 e. The van der Waals surface area contributed by atoms with E-state index in [9.17, 15) is 0 Å². The van der Waals surface area contributed by atoms with Crippen LogP contribution in [0.1, 0.15) is 5.69 Å². The number of thiophene rings is 1. The Hall–Kier alpha value is -0.840. The monoisotopic (exact) mass is 229 g/mol. The summed E-state index contributed by atoms with van der Waals surface area (Å²) >= 11 is 7.21. The molecular formula is C9H8ClNO2S. The fourth-order valence-corrected chi connectivity index (χ4v) is 2.05. The number of halogens is 1. The number of hydrogen-bond acceptors (Lipinski definition) is 4. The molecule has 0 aliphatic rings. The van der Waals surface area contributed by atoms with Crippen molar-refractivity contribution >= 4 is 22.9 Å². The Kier molecular flexibility index (Phi) is 2.86. The summed E-state index contributed by atoms with van der Waals surface area (Å²) in [5.74, 6) is 0.561. The Morgan fingerprint density at radius 3 is 3.00 bits per heavy atom. The molecule has 0 aromatic carbocycles. The zero-order valence-corrected chi connectivity index (χ0v) is 8.81. The van der Waals surface area contributed by atoms with Gasteiger partial charge in [0.2, 0.25) is 5.89 Å². The molecular weight excluding hydrogens is 222 g/mol. The highest BCUT2D eigenvalue weighted by atomic mass is 35.5. The predicted molar refractivity (Wildman–Crippen MR) is 55.6 cm³/mol. The molecule has 0 bridgehead atoms. The van der Waals surface area contributed by atoms with Gasteiger partial charge in [-0.25, -0.2) is 4.98 Å². The Labute approximate surface area is 90.0 Å². The minimum absolute atomic E-state index is 0.0805. The molecule has 0 amide bonds.